The third-order valence-electron chi connectivity index (χ3n) is 3.38. The maximum Gasteiger partial charge on any atom is 0.241 e. The van der Waals surface area contributed by atoms with Gasteiger partial charge in [0.1, 0.15) is 0 Å². The molecule has 1 aromatic carbocycles. The fourth-order valence-corrected chi connectivity index (χ4v) is 2.13. The molecule has 4 heteroatoms. The molecule has 0 aromatic heterocycles. The normalized spacial score (nSPS) is 11.9. The number of hydrogen-bond acceptors (Lipinski definition) is 2. The summed E-state index contributed by atoms with van der Waals surface area (Å²) in [4.78, 5) is 14.3. The molecule has 0 aliphatic heterocycles. The number of carbonyl (C=O) groups is 1. The third-order valence-corrected chi connectivity index (χ3v) is 3.38. The van der Waals surface area contributed by atoms with Crippen molar-refractivity contribution in [2.24, 2.45) is 0 Å². The molecule has 0 saturated heterocycles. The highest BCUT2D eigenvalue weighted by molar-refractivity contribution is 5.95. The van der Waals surface area contributed by atoms with Crippen LogP contribution in [-0.4, -0.2) is 29.9 Å². The molecule has 1 aromatic rings. The summed E-state index contributed by atoms with van der Waals surface area (Å²) in [5.74, 6) is 0.0608. The number of halogens is 1. The van der Waals surface area contributed by atoms with Gasteiger partial charge in [0.25, 0.3) is 0 Å². The Hall–Kier alpha value is -1.06. The minimum atomic E-state index is -0.0966. The van der Waals surface area contributed by atoms with E-state index in [1.165, 1.54) is 5.56 Å². The third kappa shape index (κ3) is 4.84. The summed E-state index contributed by atoms with van der Waals surface area (Å²) in [5.41, 5.74) is 3.22. The van der Waals surface area contributed by atoms with Crippen LogP contribution in [0.25, 0.3) is 0 Å². The van der Waals surface area contributed by atoms with E-state index in [0.29, 0.717) is 0 Å². The van der Waals surface area contributed by atoms with Crippen LogP contribution in [-0.2, 0) is 4.79 Å². The molecule has 19 heavy (non-hydrogen) atoms. The van der Waals surface area contributed by atoms with Gasteiger partial charge in [-0.2, -0.15) is 0 Å². The van der Waals surface area contributed by atoms with Crippen LogP contribution in [0.5, 0.6) is 0 Å². The summed E-state index contributed by atoms with van der Waals surface area (Å²) in [6.45, 7) is 11.9. The predicted octanol–water partition coefficient (Wildman–Crippen LogP) is 3.39. The van der Waals surface area contributed by atoms with Crippen molar-refractivity contribution in [2.45, 2.75) is 40.7 Å². The molecule has 108 valence electrons. The van der Waals surface area contributed by atoms with Crippen molar-refractivity contribution in [3.63, 3.8) is 0 Å². The fourth-order valence-electron chi connectivity index (χ4n) is 2.13. The molecular weight excluding hydrogens is 260 g/mol. The standard InChI is InChI=1S/C15H24N2O.ClH/c1-6-17(7-2)13(5)15(18)16-14-9-8-11(3)10-12(14)4;/h8-10,13H,6-7H2,1-5H3,(H,16,18);1H. The Kier molecular flexibility index (Phi) is 7.72. The molecule has 0 radical (unpaired) electrons. The van der Waals surface area contributed by atoms with Gasteiger partial charge in [0.15, 0.2) is 0 Å². The van der Waals surface area contributed by atoms with Crippen molar-refractivity contribution >= 4 is 24.0 Å². The quantitative estimate of drug-likeness (QED) is 0.899. The van der Waals surface area contributed by atoms with Crippen LogP contribution >= 0.6 is 12.4 Å². The van der Waals surface area contributed by atoms with E-state index in [4.69, 9.17) is 0 Å². The Morgan fingerprint density at radius 2 is 1.84 bits per heavy atom. The number of nitrogens with one attached hydrogen (secondary N) is 1. The van der Waals surface area contributed by atoms with Gasteiger partial charge in [-0.1, -0.05) is 31.5 Å². The average Bonchev–Trinajstić information content (AvgIpc) is 2.34. The molecule has 0 spiro atoms. The molecule has 1 unspecified atom stereocenters. The molecule has 0 aliphatic carbocycles. The van der Waals surface area contributed by atoms with Gasteiger partial charge in [0.05, 0.1) is 6.04 Å². The van der Waals surface area contributed by atoms with Crippen molar-refractivity contribution < 1.29 is 4.79 Å². The van der Waals surface area contributed by atoms with Crippen molar-refractivity contribution in [3.8, 4) is 0 Å². The number of aryl methyl sites for hydroxylation is 2. The zero-order chi connectivity index (χ0) is 13.7. The minimum absolute atomic E-state index is 0. The summed E-state index contributed by atoms with van der Waals surface area (Å²) in [6.07, 6.45) is 0. The maximum atomic E-state index is 12.2. The van der Waals surface area contributed by atoms with E-state index in [2.05, 4.69) is 37.1 Å². The fraction of sp³-hybridized carbons (Fsp3) is 0.533. The number of likely N-dealkylation sites (N-methyl/N-ethyl adjacent to an activating group) is 1. The number of benzene rings is 1. The summed E-state index contributed by atoms with van der Waals surface area (Å²) in [6, 6.07) is 5.97. The molecule has 3 nitrogen and oxygen atoms in total. The van der Waals surface area contributed by atoms with Gasteiger partial charge in [-0.25, -0.2) is 0 Å². The van der Waals surface area contributed by atoms with Crippen LogP contribution in [0.2, 0.25) is 0 Å². The first-order valence-corrected chi connectivity index (χ1v) is 6.61. The maximum absolute atomic E-state index is 12.2. The number of hydrogen-bond donors (Lipinski definition) is 1. The van der Waals surface area contributed by atoms with E-state index in [1.54, 1.807) is 0 Å². The second kappa shape index (κ2) is 8.18. The van der Waals surface area contributed by atoms with E-state index in [1.807, 2.05) is 26.0 Å². The highest BCUT2D eigenvalue weighted by atomic mass is 35.5. The smallest absolute Gasteiger partial charge is 0.241 e. The molecule has 1 amide bonds. The lowest BCUT2D eigenvalue weighted by molar-refractivity contribution is -0.120. The lowest BCUT2D eigenvalue weighted by Gasteiger charge is -2.25. The SMILES string of the molecule is CCN(CC)C(C)C(=O)Nc1ccc(C)cc1C.Cl. The van der Waals surface area contributed by atoms with Gasteiger partial charge in [-0.05, 0) is 45.5 Å². The van der Waals surface area contributed by atoms with Gasteiger partial charge in [0.2, 0.25) is 5.91 Å². The van der Waals surface area contributed by atoms with Gasteiger partial charge < -0.3 is 5.32 Å². The van der Waals surface area contributed by atoms with Crippen molar-refractivity contribution in [1.29, 1.82) is 0 Å². The van der Waals surface area contributed by atoms with E-state index in [0.717, 1.165) is 24.3 Å². The number of rotatable bonds is 5. The van der Waals surface area contributed by atoms with Crippen LogP contribution in [0, 0.1) is 13.8 Å². The molecule has 1 atom stereocenters. The first-order chi connectivity index (χ1) is 8.49. The highest BCUT2D eigenvalue weighted by Crippen LogP contribution is 2.16. The number of amides is 1. The van der Waals surface area contributed by atoms with Crippen molar-refractivity contribution in [2.75, 3.05) is 18.4 Å². The first-order valence-electron chi connectivity index (χ1n) is 6.61. The van der Waals surface area contributed by atoms with E-state index in [-0.39, 0.29) is 24.4 Å². The Labute approximate surface area is 122 Å². The molecule has 0 aliphatic rings. The molecule has 0 bridgehead atoms. The predicted molar refractivity (Wildman–Crippen MR) is 84.2 cm³/mol. The highest BCUT2D eigenvalue weighted by Gasteiger charge is 2.18. The summed E-state index contributed by atoms with van der Waals surface area (Å²) in [7, 11) is 0. The topological polar surface area (TPSA) is 32.3 Å². The monoisotopic (exact) mass is 284 g/mol. The Morgan fingerprint density at radius 3 is 2.32 bits per heavy atom. The summed E-state index contributed by atoms with van der Waals surface area (Å²) >= 11 is 0. The van der Waals surface area contributed by atoms with Crippen LogP contribution in [0.4, 0.5) is 5.69 Å². The summed E-state index contributed by atoms with van der Waals surface area (Å²) in [5, 5.41) is 3.01. The largest absolute Gasteiger partial charge is 0.324 e. The van der Waals surface area contributed by atoms with E-state index < -0.39 is 0 Å². The minimum Gasteiger partial charge on any atom is -0.324 e. The zero-order valence-electron chi connectivity index (χ0n) is 12.5. The Morgan fingerprint density at radius 1 is 1.26 bits per heavy atom. The molecule has 0 saturated carbocycles. The average molecular weight is 285 g/mol. The van der Waals surface area contributed by atoms with Gasteiger partial charge >= 0.3 is 0 Å². The zero-order valence-corrected chi connectivity index (χ0v) is 13.3. The molecule has 1 N–H and O–H groups in total. The second-order valence-electron chi connectivity index (χ2n) is 4.70. The first kappa shape index (κ1) is 17.9. The van der Waals surface area contributed by atoms with Gasteiger partial charge in [0, 0.05) is 5.69 Å². The van der Waals surface area contributed by atoms with Crippen LogP contribution in [0.1, 0.15) is 31.9 Å². The van der Waals surface area contributed by atoms with Crippen LogP contribution < -0.4 is 5.32 Å². The van der Waals surface area contributed by atoms with Crippen molar-refractivity contribution in [3.05, 3.63) is 29.3 Å². The van der Waals surface area contributed by atoms with Gasteiger partial charge in [-0.15, -0.1) is 12.4 Å². The van der Waals surface area contributed by atoms with E-state index in [9.17, 15) is 4.79 Å². The summed E-state index contributed by atoms with van der Waals surface area (Å²) < 4.78 is 0. The van der Waals surface area contributed by atoms with E-state index >= 15 is 0 Å². The number of anilines is 1. The Bertz CT molecular complexity index is 417. The number of nitrogens with zero attached hydrogens (tertiary/aromatic N) is 1. The lowest BCUT2D eigenvalue weighted by Crippen LogP contribution is -2.41. The van der Waals surface area contributed by atoms with Gasteiger partial charge in [-0.3, -0.25) is 9.69 Å². The van der Waals surface area contributed by atoms with Crippen molar-refractivity contribution in [1.82, 2.24) is 4.90 Å². The number of carbonyl (C=O) groups excluding carboxylic acids is 1. The van der Waals surface area contributed by atoms with Crippen LogP contribution in [0.15, 0.2) is 18.2 Å². The molecule has 0 fully saturated rings. The molecular formula is C15H25ClN2O. The lowest BCUT2D eigenvalue weighted by atomic mass is 10.1. The molecule has 0 heterocycles. The van der Waals surface area contributed by atoms with Crippen LogP contribution in [0.3, 0.4) is 0 Å². The Balaban J connectivity index is 0.00000324. The molecule has 1 rings (SSSR count). The second-order valence-corrected chi connectivity index (χ2v) is 4.70.